The van der Waals surface area contributed by atoms with Crippen molar-refractivity contribution in [3.05, 3.63) is 0 Å². The Morgan fingerprint density at radius 2 is 1.82 bits per heavy atom. The highest BCUT2D eigenvalue weighted by atomic mass is 14.5. The molecule has 2 rings (SSSR count). The first kappa shape index (κ1) is 13.4. The van der Waals surface area contributed by atoms with E-state index in [4.69, 9.17) is 0 Å². The smallest absolute Gasteiger partial charge is 0.0360 e. The van der Waals surface area contributed by atoms with E-state index in [-0.39, 0.29) is 0 Å². The molecule has 0 aromatic heterocycles. The minimum absolute atomic E-state index is 0.898. The molecule has 5 atom stereocenters. The number of hydrogen-bond donors (Lipinski definition) is 0. The van der Waals surface area contributed by atoms with Crippen LogP contribution >= 0.6 is 0 Å². The Labute approximate surface area is 109 Å². The molecule has 0 bridgehead atoms. The van der Waals surface area contributed by atoms with Crippen LogP contribution in [0.3, 0.4) is 0 Å². The molecule has 0 aromatic rings. The van der Waals surface area contributed by atoms with Crippen molar-refractivity contribution >= 4 is 0 Å². The van der Waals surface area contributed by atoms with Crippen molar-refractivity contribution in [2.75, 3.05) is 0 Å². The Bertz CT molecular complexity index is 230. The monoisotopic (exact) mass is 236 g/mol. The third kappa shape index (κ3) is 2.88. The van der Waals surface area contributed by atoms with E-state index in [1.165, 1.54) is 25.7 Å². The summed E-state index contributed by atoms with van der Waals surface area (Å²) in [4.78, 5) is 0. The topological polar surface area (TPSA) is 0 Å². The lowest BCUT2D eigenvalue weighted by Gasteiger charge is -2.39. The van der Waals surface area contributed by atoms with Gasteiger partial charge in [0.25, 0.3) is 0 Å². The molecule has 0 heterocycles. The molecule has 2 aliphatic rings. The fraction of sp³-hybridized carbons (Fsp3) is 1.00. The summed E-state index contributed by atoms with van der Waals surface area (Å²) < 4.78 is 0. The van der Waals surface area contributed by atoms with Crippen LogP contribution in [0.25, 0.3) is 0 Å². The minimum Gasteiger partial charge on any atom is -0.0654 e. The van der Waals surface area contributed by atoms with Crippen LogP contribution < -0.4 is 0 Å². The molecular formula is C17H32. The molecule has 0 heteroatoms. The molecule has 0 aliphatic heterocycles. The predicted octanol–water partition coefficient (Wildman–Crippen LogP) is 5.52. The normalized spacial score (nSPS) is 39.4. The zero-order chi connectivity index (χ0) is 12.4. The zero-order valence-electron chi connectivity index (χ0n) is 12.4. The fourth-order valence-electron chi connectivity index (χ4n) is 4.93. The first-order valence-corrected chi connectivity index (χ1v) is 8.13. The van der Waals surface area contributed by atoms with Crippen LogP contribution in [0.2, 0.25) is 0 Å². The Balaban J connectivity index is 1.95. The molecule has 17 heavy (non-hydrogen) atoms. The second kappa shape index (κ2) is 5.76. The quantitative estimate of drug-likeness (QED) is 0.603. The Hall–Kier alpha value is 0. The van der Waals surface area contributed by atoms with Crippen molar-refractivity contribution < 1.29 is 0 Å². The van der Waals surface area contributed by atoms with Gasteiger partial charge in [-0.25, -0.2) is 0 Å². The molecule has 0 spiro atoms. The second-order valence-corrected chi connectivity index (χ2v) is 7.25. The van der Waals surface area contributed by atoms with Crippen LogP contribution in [-0.2, 0) is 0 Å². The van der Waals surface area contributed by atoms with Crippen LogP contribution in [0, 0.1) is 35.5 Å². The lowest BCUT2D eigenvalue weighted by molar-refractivity contribution is 0.110. The van der Waals surface area contributed by atoms with Crippen molar-refractivity contribution in [1.29, 1.82) is 0 Å². The van der Waals surface area contributed by atoms with Crippen molar-refractivity contribution in [1.82, 2.24) is 0 Å². The third-order valence-electron chi connectivity index (χ3n) is 5.89. The molecule has 0 aromatic carbocycles. The third-order valence-corrected chi connectivity index (χ3v) is 5.89. The molecule has 0 nitrogen and oxygen atoms in total. The van der Waals surface area contributed by atoms with E-state index in [0.717, 1.165) is 35.5 Å². The van der Waals surface area contributed by atoms with Gasteiger partial charge in [0.05, 0.1) is 0 Å². The first-order valence-electron chi connectivity index (χ1n) is 8.13. The molecule has 0 amide bonds. The van der Waals surface area contributed by atoms with E-state index in [2.05, 4.69) is 27.7 Å². The Morgan fingerprint density at radius 1 is 1.06 bits per heavy atom. The van der Waals surface area contributed by atoms with E-state index in [9.17, 15) is 0 Å². The van der Waals surface area contributed by atoms with E-state index < -0.39 is 0 Å². The highest BCUT2D eigenvalue weighted by molar-refractivity contribution is 4.90. The highest BCUT2D eigenvalue weighted by Crippen LogP contribution is 2.50. The predicted molar refractivity (Wildman–Crippen MR) is 76.0 cm³/mol. The first-order chi connectivity index (χ1) is 8.13. The van der Waals surface area contributed by atoms with Crippen LogP contribution in [0.1, 0.15) is 72.6 Å². The lowest BCUT2D eigenvalue weighted by Crippen LogP contribution is -2.30. The fourth-order valence-corrected chi connectivity index (χ4v) is 4.93. The molecule has 0 N–H and O–H groups in total. The maximum absolute atomic E-state index is 2.50. The SMILES string of the molecule is CCCC(C(C)C)C1CCC2C(C)CCC2C1. The van der Waals surface area contributed by atoms with Gasteiger partial charge in [-0.05, 0) is 61.2 Å². The van der Waals surface area contributed by atoms with Crippen LogP contribution in [0.5, 0.6) is 0 Å². The summed E-state index contributed by atoms with van der Waals surface area (Å²) in [6.07, 6.45) is 10.6. The van der Waals surface area contributed by atoms with Gasteiger partial charge in [-0.1, -0.05) is 47.0 Å². The number of hydrogen-bond acceptors (Lipinski definition) is 0. The number of rotatable bonds is 4. The van der Waals surface area contributed by atoms with Gasteiger partial charge in [0, 0.05) is 0 Å². The summed E-state index contributed by atoms with van der Waals surface area (Å²) in [5.74, 6) is 6.20. The van der Waals surface area contributed by atoms with Gasteiger partial charge >= 0.3 is 0 Å². The summed E-state index contributed by atoms with van der Waals surface area (Å²) in [5.41, 5.74) is 0. The van der Waals surface area contributed by atoms with E-state index in [1.807, 2.05) is 0 Å². The Kier molecular flexibility index (Phi) is 4.55. The zero-order valence-corrected chi connectivity index (χ0v) is 12.4. The van der Waals surface area contributed by atoms with Crippen LogP contribution in [-0.4, -0.2) is 0 Å². The van der Waals surface area contributed by atoms with Crippen LogP contribution in [0.4, 0.5) is 0 Å². The second-order valence-electron chi connectivity index (χ2n) is 7.25. The molecule has 2 fully saturated rings. The maximum Gasteiger partial charge on any atom is -0.0360 e. The van der Waals surface area contributed by atoms with E-state index >= 15 is 0 Å². The molecule has 0 saturated heterocycles. The summed E-state index contributed by atoms with van der Waals surface area (Å²) in [7, 11) is 0. The van der Waals surface area contributed by atoms with Crippen molar-refractivity contribution in [2.45, 2.75) is 72.6 Å². The molecule has 2 saturated carbocycles. The Morgan fingerprint density at radius 3 is 2.47 bits per heavy atom. The van der Waals surface area contributed by atoms with Crippen molar-refractivity contribution in [3.8, 4) is 0 Å². The average Bonchev–Trinajstić information content (AvgIpc) is 2.67. The largest absolute Gasteiger partial charge is 0.0654 e. The van der Waals surface area contributed by atoms with Gasteiger partial charge in [-0.15, -0.1) is 0 Å². The lowest BCUT2D eigenvalue weighted by atomic mass is 9.66. The molecule has 5 unspecified atom stereocenters. The van der Waals surface area contributed by atoms with Gasteiger partial charge < -0.3 is 0 Å². The molecule has 0 radical (unpaired) electrons. The van der Waals surface area contributed by atoms with Gasteiger partial charge in [0.2, 0.25) is 0 Å². The van der Waals surface area contributed by atoms with Crippen molar-refractivity contribution in [3.63, 3.8) is 0 Å². The standard InChI is InChI=1S/C17H32/c1-5-6-16(12(2)3)14-9-10-17-13(4)7-8-15(17)11-14/h12-17H,5-11H2,1-4H3. The minimum atomic E-state index is 0.898. The van der Waals surface area contributed by atoms with Gasteiger partial charge in [-0.2, -0.15) is 0 Å². The molecule has 100 valence electrons. The molecule has 2 aliphatic carbocycles. The summed E-state index contributed by atoms with van der Waals surface area (Å²) in [5, 5.41) is 0. The summed E-state index contributed by atoms with van der Waals surface area (Å²) >= 11 is 0. The summed E-state index contributed by atoms with van der Waals surface area (Å²) in [6.45, 7) is 9.75. The molecular weight excluding hydrogens is 204 g/mol. The van der Waals surface area contributed by atoms with Gasteiger partial charge in [-0.3, -0.25) is 0 Å². The van der Waals surface area contributed by atoms with Crippen molar-refractivity contribution in [2.24, 2.45) is 35.5 Å². The van der Waals surface area contributed by atoms with Gasteiger partial charge in [0.1, 0.15) is 0 Å². The number of fused-ring (bicyclic) bond motifs is 1. The van der Waals surface area contributed by atoms with E-state index in [0.29, 0.717) is 0 Å². The van der Waals surface area contributed by atoms with Crippen LogP contribution in [0.15, 0.2) is 0 Å². The summed E-state index contributed by atoms with van der Waals surface area (Å²) in [6, 6.07) is 0. The maximum atomic E-state index is 2.50. The van der Waals surface area contributed by atoms with Gasteiger partial charge in [0.15, 0.2) is 0 Å². The van der Waals surface area contributed by atoms with E-state index in [1.54, 1.807) is 19.3 Å². The highest BCUT2D eigenvalue weighted by Gasteiger charge is 2.40. The average molecular weight is 236 g/mol.